The minimum Gasteiger partial charge on any atom is -0.357 e. The van der Waals surface area contributed by atoms with Crippen LogP contribution in [0.5, 0.6) is 0 Å². The number of rotatable bonds is 8. The SMILES string of the molecule is CCNC(=NCc1nc(C)no1)NCCCCC(C)C.I. The van der Waals surface area contributed by atoms with Crippen molar-refractivity contribution >= 4 is 29.9 Å². The number of nitrogens with one attached hydrogen (secondary N) is 2. The van der Waals surface area contributed by atoms with Crippen LogP contribution in [0.25, 0.3) is 0 Å². The second-order valence-electron chi connectivity index (χ2n) is 5.25. The molecule has 0 atom stereocenters. The Morgan fingerprint density at radius 1 is 1.29 bits per heavy atom. The van der Waals surface area contributed by atoms with Crippen LogP contribution in [-0.2, 0) is 6.54 Å². The fourth-order valence-electron chi connectivity index (χ4n) is 1.78. The van der Waals surface area contributed by atoms with Crippen molar-refractivity contribution in [2.24, 2.45) is 10.9 Å². The molecule has 0 amide bonds. The first-order chi connectivity index (χ1) is 9.61. The quantitative estimate of drug-likeness (QED) is 0.299. The lowest BCUT2D eigenvalue weighted by Gasteiger charge is -2.11. The zero-order valence-corrected chi connectivity index (χ0v) is 15.8. The number of nitrogens with zero attached hydrogens (tertiary/aromatic N) is 3. The monoisotopic (exact) mass is 409 g/mol. The molecule has 6 nitrogen and oxygen atoms in total. The number of unbranched alkanes of at least 4 members (excludes halogenated alkanes) is 1. The molecule has 1 heterocycles. The first-order valence-electron chi connectivity index (χ1n) is 7.43. The summed E-state index contributed by atoms with van der Waals surface area (Å²) in [4.78, 5) is 8.56. The molecule has 0 bridgehead atoms. The van der Waals surface area contributed by atoms with E-state index in [1.165, 1.54) is 12.8 Å². The predicted molar refractivity (Wildman–Crippen MR) is 96.0 cm³/mol. The third kappa shape index (κ3) is 9.65. The fraction of sp³-hybridized carbons (Fsp3) is 0.786. The van der Waals surface area contributed by atoms with E-state index in [0.717, 1.165) is 31.4 Å². The Labute approximate surface area is 144 Å². The minimum atomic E-state index is 0. The van der Waals surface area contributed by atoms with Gasteiger partial charge >= 0.3 is 0 Å². The summed E-state index contributed by atoms with van der Waals surface area (Å²) in [5.41, 5.74) is 0. The molecule has 122 valence electrons. The van der Waals surface area contributed by atoms with E-state index in [9.17, 15) is 0 Å². The molecular formula is C14H28IN5O. The molecule has 0 saturated heterocycles. The summed E-state index contributed by atoms with van der Waals surface area (Å²) in [6, 6.07) is 0. The van der Waals surface area contributed by atoms with Gasteiger partial charge in [0.05, 0.1) is 0 Å². The van der Waals surface area contributed by atoms with Gasteiger partial charge in [-0.15, -0.1) is 24.0 Å². The number of hydrogen-bond donors (Lipinski definition) is 2. The summed E-state index contributed by atoms with van der Waals surface area (Å²) in [6.07, 6.45) is 3.67. The Morgan fingerprint density at radius 2 is 2.05 bits per heavy atom. The summed E-state index contributed by atoms with van der Waals surface area (Å²) in [6.45, 7) is 10.5. The van der Waals surface area contributed by atoms with Crippen molar-refractivity contribution < 1.29 is 4.52 Å². The van der Waals surface area contributed by atoms with Gasteiger partial charge in [0.25, 0.3) is 0 Å². The number of aliphatic imine (C=N–C) groups is 1. The smallest absolute Gasteiger partial charge is 0.248 e. The molecule has 0 saturated carbocycles. The van der Waals surface area contributed by atoms with Gasteiger partial charge in [-0.1, -0.05) is 31.8 Å². The highest BCUT2D eigenvalue weighted by molar-refractivity contribution is 14.0. The second-order valence-corrected chi connectivity index (χ2v) is 5.25. The van der Waals surface area contributed by atoms with Crippen LogP contribution in [0.3, 0.4) is 0 Å². The van der Waals surface area contributed by atoms with E-state index in [-0.39, 0.29) is 24.0 Å². The van der Waals surface area contributed by atoms with Gasteiger partial charge in [0.15, 0.2) is 11.8 Å². The lowest BCUT2D eigenvalue weighted by molar-refractivity contribution is 0.376. The van der Waals surface area contributed by atoms with Gasteiger partial charge in [0, 0.05) is 13.1 Å². The summed E-state index contributed by atoms with van der Waals surface area (Å²) in [5, 5.41) is 10.3. The first-order valence-corrected chi connectivity index (χ1v) is 7.43. The zero-order chi connectivity index (χ0) is 14.8. The molecule has 1 aromatic rings. The third-order valence-corrected chi connectivity index (χ3v) is 2.79. The Morgan fingerprint density at radius 3 is 2.62 bits per heavy atom. The van der Waals surface area contributed by atoms with Crippen molar-refractivity contribution in [3.05, 3.63) is 11.7 Å². The van der Waals surface area contributed by atoms with Crippen LogP contribution < -0.4 is 10.6 Å². The van der Waals surface area contributed by atoms with Crippen LogP contribution in [0.4, 0.5) is 0 Å². The topological polar surface area (TPSA) is 75.3 Å². The summed E-state index contributed by atoms with van der Waals surface area (Å²) < 4.78 is 5.04. The highest BCUT2D eigenvalue weighted by Crippen LogP contribution is 2.05. The third-order valence-electron chi connectivity index (χ3n) is 2.79. The average molecular weight is 409 g/mol. The molecule has 0 fully saturated rings. The number of hydrogen-bond acceptors (Lipinski definition) is 4. The van der Waals surface area contributed by atoms with Crippen molar-refractivity contribution in [2.45, 2.75) is 53.5 Å². The van der Waals surface area contributed by atoms with E-state index in [1.54, 1.807) is 6.92 Å². The average Bonchev–Trinajstić information content (AvgIpc) is 2.81. The molecule has 0 aromatic carbocycles. The summed E-state index contributed by atoms with van der Waals surface area (Å²) >= 11 is 0. The first kappa shape index (κ1) is 20.1. The molecule has 7 heteroatoms. The normalized spacial score (nSPS) is 11.4. The lowest BCUT2D eigenvalue weighted by atomic mass is 10.1. The van der Waals surface area contributed by atoms with Gasteiger partial charge in [-0.3, -0.25) is 0 Å². The number of aromatic nitrogens is 2. The number of aryl methyl sites for hydroxylation is 1. The van der Waals surface area contributed by atoms with Crippen molar-refractivity contribution in [1.82, 2.24) is 20.8 Å². The van der Waals surface area contributed by atoms with Gasteiger partial charge in [-0.2, -0.15) is 4.98 Å². The Balaban J connectivity index is 0.00000400. The molecule has 0 unspecified atom stereocenters. The molecule has 0 aliphatic carbocycles. The van der Waals surface area contributed by atoms with Gasteiger partial charge < -0.3 is 15.2 Å². The molecule has 0 spiro atoms. The molecular weight excluding hydrogens is 381 g/mol. The molecule has 1 aromatic heterocycles. The highest BCUT2D eigenvalue weighted by atomic mass is 127. The standard InChI is InChI=1S/C14H27N5O.HI/c1-5-15-14(16-9-7-6-8-11(2)3)17-10-13-18-12(4)19-20-13;/h11H,5-10H2,1-4H3,(H2,15,16,17);1H. The van der Waals surface area contributed by atoms with Crippen LogP contribution in [0.1, 0.15) is 51.7 Å². The van der Waals surface area contributed by atoms with Crippen molar-refractivity contribution in [3.63, 3.8) is 0 Å². The fourth-order valence-corrected chi connectivity index (χ4v) is 1.78. The zero-order valence-electron chi connectivity index (χ0n) is 13.5. The van der Waals surface area contributed by atoms with Crippen molar-refractivity contribution in [3.8, 4) is 0 Å². The molecule has 21 heavy (non-hydrogen) atoms. The number of guanidine groups is 1. The van der Waals surface area contributed by atoms with Gasteiger partial charge in [0.2, 0.25) is 5.89 Å². The summed E-state index contributed by atoms with van der Waals surface area (Å²) in [7, 11) is 0. The van der Waals surface area contributed by atoms with Crippen LogP contribution in [-0.4, -0.2) is 29.2 Å². The maximum Gasteiger partial charge on any atom is 0.248 e. The molecule has 2 N–H and O–H groups in total. The van der Waals surface area contributed by atoms with E-state index >= 15 is 0 Å². The van der Waals surface area contributed by atoms with Crippen LogP contribution in [0, 0.1) is 12.8 Å². The number of halogens is 1. The van der Waals surface area contributed by atoms with Crippen LogP contribution in [0.2, 0.25) is 0 Å². The Kier molecular flexibility index (Phi) is 11.3. The van der Waals surface area contributed by atoms with E-state index < -0.39 is 0 Å². The predicted octanol–water partition coefficient (Wildman–Crippen LogP) is 2.88. The molecule has 0 aliphatic rings. The van der Waals surface area contributed by atoms with E-state index in [2.05, 4.69) is 39.6 Å². The minimum absolute atomic E-state index is 0. The Bertz CT molecular complexity index is 406. The van der Waals surface area contributed by atoms with Gasteiger partial charge in [-0.05, 0) is 26.2 Å². The van der Waals surface area contributed by atoms with E-state index in [0.29, 0.717) is 18.3 Å². The highest BCUT2D eigenvalue weighted by Gasteiger charge is 2.02. The van der Waals surface area contributed by atoms with E-state index in [1.807, 2.05) is 6.92 Å². The van der Waals surface area contributed by atoms with E-state index in [4.69, 9.17) is 4.52 Å². The van der Waals surface area contributed by atoms with Crippen molar-refractivity contribution in [2.75, 3.05) is 13.1 Å². The molecule has 1 rings (SSSR count). The lowest BCUT2D eigenvalue weighted by Crippen LogP contribution is -2.37. The Hall–Kier alpha value is -0.860. The largest absolute Gasteiger partial charge is 0.357 e. The van der Waals surface area contributed by atoms with Gasteiger partial charge in [0.1, 0.15) is 6.54 Å². The molecule has 0 radical (unpaired) electrons. The second kappa shape index (κ2) is 11.8. The van der Waals surface area contributed by atoms with Crippen LogP contribution >= 0.6 is 24.0 Å². The van der Waals surface area contributed by atoms with Crippen molar-refractivity contribution in [1.29, 1.82) is 0 Å². The maximum absolute atomic E-state index is 5.04. The van der Waals surface area contributed by atoms with Gasteiger partial charge in [-0.25, -0.2) is 4.99 Å². The van der Waals surface area contributed by atoms with Crippen LogP contribution in [0.15, 0.2) is 9.52 Å². The molecule has 0 aliphatic heterocycles. The maximum atomic E-state index is 5.04. The summed E-state index contributed by atoms with van der Waals surface area (Å²) in [5.74, 6) is 2.76.